The molecule has 0 atom stereocenters. The van der Waals surface area contributed by atoms with Gasteiger partial charge in [0, 0.05) is 29.2 Å². The minimum Gasteiger partial charge on any atom is -0.348 e. The van der Waals surface area contributed by atoms with Crippen LogP contribution in [-0.4, -0.2) is 15.3 Å². The van der Waals surface area contributed by atoms with Crippen molar-refractivity contribution in [3.05, 3.63) is 63.4 Å². The molecule has 3 rings (SSSR count). The second-order valence-corrected chi connectivity index (χ2v) is 6.19. The number of amides is 1. The Balaban J connectivity index is 1.66. The summed E-state index contributed by atoms with van der Waals surface area (Å²) in [7, 11) is 0. The summed E-state index contributed by atoms with van der Waals surface area (Å²) in [5, 5.41) is 5.73. The number of carbonyl (C=O) groups is 1. The highest BCUT2D eigenvalue weighted by Crippen LogP contribution is 2.22. The molecule has 0 aliphatic carbocycles. The van der Waals surface area contributed by atoms with Crippen LogP contribution in [0, 0.1) is 0 Å². The number of imidazole rings is 1. The van der Waals surface area contributed by atoms with E-state index in [1.54, 1.807) is 12.1 Å². The quantitative estimate of drug-likeness (QED) is 0.721. The Morgan fingerprint density at radius 1 is 1.41 bits per heavy atom. The molecule has 0 fully saturated rings. The van der Waals surface area contributed by atoms with Crippen LogP contribution in [0.2, 0.25) is 10.2 Å². The standard InChI is InChI=1S/C15H11Cl2N3OS/c16-11-3-1-2-10(8-11)9-18-13(21)5-4-12-14(17)19-15-20(12)6-7-22-15/h1-8H,9H2,(H,18,21)/b5-4+. The highest BCUT2D eigenvalue weighted by Gasteiger charge is 2.08. The van der Waals surface area contributed by atoms with Gasteiger partial charge in [-0.15, -0.1) is 11.3 Å². The molecule has 0 unspecified atom stereocenters. The zero-order valence-corrected chi connectivity index (χ0v) is 13.6. The number of benzene rings is 1. The lowest BCUT2D eigenvalue weighted by Gasteiger charge is -2.02. The predicted octanol–water partition coefficient (Wildman–Crippen LogP) is 4.03. The topological polar surface area (TPSA) is 46.4 Å². The average molecular weight is 352 g/mol. The molecule has 0 aliphatic rings. The van der Waals surface area contributed by atoms with Crippen molar-refractivity contribution in [2.75, 3.05) is 0 Å². The van der Waals surface area contributed by atoms with E-state index in [0.29, 0.717) is 22.4 Å². The maximum Gasteiger partial charge on any atom is 0.244 e. The minimum absolute atomic E-state index is 0.207. The van der Waals surface area contributed by atoms with Gasteiger partial charge in [-0.05, 0) is 23.8 Å². The fourth-order valence-corrected chi connectivity index (χ4v) is 3.19. The summed E-state index contributed by atoms with van der Waals surface area (Å²) >= 11 is 13.4. The lowest BCUT2D eigenvalue weighted by molar-refractivity contribution is -0.116. The van der Waals surface area contributed by atoms with Gasteiger partial charge in [0.05, 0.1) is 5.69 Å². The first kappa shape index (κ1) is 15.1. The number of nitrogens with zero attached hydrogens (tertiary/aromatic N) is 2. The third kappa shape index (κ3) is 3.32. The Morgan fingerprint density at radius 2 is 2.27 bits per heavy atom. The molecule has 0 spiro atoms. The molecule has 4 nitrogen and oxygen atoms in total. The number of aromatic nitrogens is 2. The Morgan fingerprint density at radius 3 is 3.09 bits per heavy atom. The fraction of sp³-hybridized carbons (Fsp3) is 0.0667. The Bertz CT molecular complexity index is 853. The maximum absolute atomic E-state index is 11.9. The van der Waals surface area contributed by atoms with E-state index < -0.39 is 0 Å². The summed E-state index contributed by atoms with van der Waals surface area (Å²) in [4.78, 5) is 16.9. The lowest BCUT2D eigenvalue weighted by atomic mass is 10.2. The molecule has 1 aromatic carbocycles. The van der Waals surface area contributed by atoms with Crippen LogP contribution < -0.4 is 5.32 Å². The molecule has 0 radical (unpaired) electrons. The Hall–Kier alpha value is -1.82. The lowest BCUT2D eigenvalue weighted by Crippen LogP contribution is -2.20. The molecule has 2 heterocycles. The molecule has 7 heteroatoms. The summed E-state index contributed by atoms with van der Waals surface area (Å²) < 4.78 is 1.84. The van der Waals surface area contributed by atoms with E-state index in [4.69, 9.17) is 23.2 Å². The van der Waals surface area contributed by atoms with Crippen LogP contribution in [-0.2, 0) is 11.3 Å². The number of nitrogens with one attached hydrogen (secondary N) is 1. The second-order valence-electron chi connectivity index (χ2n) is 4.52. The van der Waals surface area contributed by atoms with Gasteiger partial charge in [-0.2, -0.15) is 0 Å². The molecule has 112 valence electrons. The summed E-state index contributed by atoms with van der Waals surface area (Å²) in [6.45, 7) is 0.414. The van der Waals surface area contributed by atoms with E-state index in [1.165, 1.54) is 17.4 Å². The highest BCUT2D eigenvalue weighted by molar-refractivity contribution is 7.15. The van der Waals surface area contributed by atoms with Gasteiger partial charge >= 0.3 is 0 Å². The van der Waals surface area contributed by atoms with Crippen molar-refractivity contribution in [1.29, 1.82) is 0 Å². The first-order valence-electron chi connectivity index (χ1n) is 6.45. The molecule has 1 N–H and O–H groups in total. The van der Waals surface area contributed by atoms with Crippen molar-refractivity contribution < 1.29 is 4.79 Å². The number of hydrogen-bond donors (Lipinski definition) is 1. The van der Waals surface area contributed by atoms with Gasteiger partial charge in [0.1, 0.15) is 0 Å². The van der Waals surface area contributed by atoms with Crippen molar-refractivity contribution in [3.63, 3.8) is 0 Å². The van der Waals surface area contributed by atoms with Crippen LogP contribution in [0.25, 0.3) is 11.0 Å². The summed E-state index contributed by atoms with van der Waals surface area (Å²) in [6.07, 6.45) is 4.96. The van der Waals surface area contributed by atoms with Gasteiger partial charge in [-0.3, -0.25) is 9.20 Å². The first-order valence-corrected chi connectivity index (χ1v) is 8.08. The largest absolute Gasteiger partial charge is 0.348 e. The molecule has 1 amide bonds. The van der Waals surface area contributed by atoms with E-state index in [1.807, 2.05) is 34.2 Å². The smallest absolute Gasteiger partial charge is 0.244 e. The van der Waals surface area contributed by atoms with Crippen molar-refractivity contribution in [2.24, 2.45) is 0 Å². The zero-order chi connectivity index (χ0) is 15.5. The zero-order valence-electron chi connectivity index (χ0n) is 11.3. The third-order valence-corrected chi connectivity index (χ3v) is 4.27. The van der Waals surface area contributed by atoms with Crippen LogP contribution in [0.4, 0.5) is 0 Å². The predicted molar refractivity (Wildman–Crippen MR) is 90.4 cm³/mol. The minimum atomic E-state index is -0.207. The molecule has 0 bridgehead atoms. The normalized spacial score (nSPS) is 11.4. The van der Waals surface area contributed by atoms with Gasteiger partial charge < -0.3 is 5.32 Å². The van der Waals surface area contributed by atoms with Crippen LogP contribution in [0.3, 0.4) is 0 Å². The molecular formula is C15H11Cl2N3OS. The van der Waals surface area contributed by atoms with E-state index in [0.717, 1.165) is 10.5 Å². The van der Waals surface area contributed by atoms with Gasteiger partial charge in [-0.25, -0.2) is 4.98 Å². The van der Waals surface area contributed by atoms with Crippen molar-refractivity contribution >= 4 is 51.5 Å². The van der Waals surface area contributed by atoms with E-state index in [-0.39, 0.29) is 5.91 Å². The SMILES string of the molecule is O=C(/C=C/c1c(Cl)nc2sccn12)NCc1cccc(Cl)c1. The van der Waals surface area contributed by atoms with Gasteiger partial charge in [0.25, 0.3) is 0 Å². The number of hydrogen-bond acceptors (Lipinski definition) is 3. The number of fused-ring (bicyclic) bond motifs is 1. The van der Waals surface area contributed by atoms with Crippen LogP contribution in [0.15, 0.2) is 41.9 Å². The van der Waals surface area contributed by atoms with E-state index in [9.17, 15) is 4.79 Å². The third-order valence-electron chi connectivity index (χ3n) is 3.00. The van der Waals surface area contributed by atoms with E-state index in [2.05, 4.69) is 10.3 Å². The highest BCUT2D eigenvalue weighted by atomic mass is 35.5. The number of thiazole rings is 1. The summed E-state index contributed by atoms with van der Waals surface area (Å²) in [5.74, 6) is -0.207. The van der Waals surface area contributed by atoms with Gasteiger partial charge in [-0.1, -0.05) is 35.3 Å². The van der Waals surface area contributed by atoms with Crippen molar-refractivity contribution in [3.8, 4) is 0 Å². The van der Waals surface area contributed by atoms with Crippen LogP contribution in [0.1, 0.15) is 11.3 Å². The summed E-state index contributed by atoms with van der Waals surface area (Å²) in [5.41, 5.74) is 1.63. The van der Waals surface area contributed by atoms with Gasteiger partial charge in [0.15, 0.2) is 10.1 Å². The first-order chi connectivity index (χ1) is 10.6. The van der Waals surface area contributed by atoms with Crippen LogP contribution in [0.5, 0.6) is 0 Å². The molecule has 0 aliphatic heterocycles. The molecule has 2 aromatic heterocycles. The van der Waals surface area contributed by atoms with E-state index >= 15 is 0 Å². The van der Waals surface area contributed by atoms with Gasteiger partial charge in [0.2, 0.25) is 5.91 Å². The number of carbonyl (C=O) groups excluding carboxylic acids is 1. The maximum atomic E-state index is 11.9. The van der Waals surface area contributed by atoms with Crippen molar-refractivity contribution in [2.45, 2.75) is 6.54 Å². The Kier molecular flexibility index (Phi) is 4.47. The molecule has 0 saturated carbocycles. The molecule has 0 saturated heterocycles. The second kappa shape index (κ2) is 6.52. The number of rotatable bonds is 4. The Labute approximate surface area is 141 Å². The van der Waals surface area contributed by atoms with Crippen molar-refractivity contribution in [1.82, 2.24) is 14.7 Å². The summed E-state index contributed by atoms with van der Waals surface area (Å²) in [6, 6.07) is 7.35. The number of halogens is 2. The average Bonchev–Trinajstić information content (AvgIpc) is 3.04. The monoisotopic (exact) mass is 351 g/mol. The molecule has 3 aromatic rings. The molecular weight excluding hydrogens is 341 g/mol. The fourth-order valence-electron chi connectivity index (χ4n) is 1.98. The molecule has 22 heavy (non-hydrogen) atoms. The van der Waals surface area contributed by atoms with Crippen LogP contribution >= 0.6 is 34.5 Å².